The van der Waals surface area contributed by atoms with Crippen LogP contribution in [0.2, 0.25) is 15.1 Å². The van der Waals surface area contributed by atoms with E-state index in [0.29, 0.717) is 16.5 Å². The Labute approximate surface area is 126 Å². The Morgan fingerprint density at radius 3 is 2.37 bits per heavy atom. The molecule has 19 heavy (non-hydrogen) atoms. The Hall–Kier alpha value is -0.800. The van der Waals surface area contributed by atoms with E-state index in [1.54, 1.807) is 24.3 Å². The zero-order valence-electron chi connectivity index (χ0n) is 9.84. The fourth-order valence-electron chi connectivity index (χ4n) is 1.83. The molecule has 2 rings (SSSR count). The van der Waals surface area contributed by atoms with E-state index in [1.807, 2.05) is 0 Å². The number of benzene rings is 2. The largest absolute Gasteiger partial charge is 0.324 e. The lowest BCUT2D eigenvalue weighted by molar-refractivity contribution is 0.622. The average molecular weight is 319 g/mol. The first kappa shape index (κ1) is 14.6. The second-order valence-electron chi connectivity index (χ2n) is 4.22. The van der Waals surface area contributed by atoms with E-state index in [2.05, 4.69) is 0 Å². The van der Waals surface area contributed by atoms with Crippen molar-refractivity contribution >= 4 is 34.8 Å². The molecule has 2 aromatic rings. The molecule has 2 N–H and O–H groups in total. The molecule has 0 amide bonds. The van der Waals surface area contributed by atoms with Crippen LogP contribution in [0.4, 0.5) is 4.39 Å². The second kappa shape index (κ2) is 6.10. The Kier molecular flexibility index (Phi) is 4.69. The van der Waals surface area contributed by atoms with Gasteiger partial charge in [-0.15, -0.1) is 0 Å². The van der Waals surface area contributed by atoms with Gasteiger partial charge >= 0.3 is 0 Å². The molecule has 0 radical (unpaired) electrons. The molecule has 0 spiro atoms. The molecule has 0 aromatic heterocycles. The van der Waals surface area contributed by atoms with Gasteiger partial charge in [-0.25, -0.2) is 4.39 Å². The van der Waals surface area contributed by atoms with Gasteiger partial charge in [-0.3, -0.25) is 0 Å². The van der Waals surface area contributed by atoms with Crippen LogP contribution in [0, 0.1) is 5.82 Å². The third-order valence-electron chi connectivity index (χ3n) is 2.80. The number of nitrogens with two attached hydrogens (primary N) is 1. The highest BCUT2D eigenvalue weighted by molar-refractivity contribution is 6.33. The number of halogens is 4. The highest BCUT2D eigenvalue weighted by Crippen LogP contribution is 2.27. The van der Waals surface area contributed by atoms with E-state index in [9.17, 15) is 4.39 Å². The first-order valence-electron chi connectivity index (χ1n) is 5.62. The Bertz CT molecular complexity index is 601. The fraction of sp³-hybridized carbons (Fsp3) is 0.143. The van der Waals surface area contributed by atoms with Gasteiger partial charge in [0.25, 0.3) is 0 Å². The zero-order valence-corrected chi connectivity index (χ0v) is 12.1. The number of rotatable bonds is 3. The summed E-state index contributed by atoms with van der Waals surface area (Å²) in [5, 5.41) is 1.21. The van der Waals surface area contributed by atoms with E-state index in [1.165, 1.54) is 12.1 Å². The molecule has 100 valence electrons. The van der Waals surface area contributed by atoms with Crippen molar-refractivity contribution in [2.75, 3.05) is 0 Å². The predicted molar refractivity (Wildman–Crippen MR) is 78.5 cm³/mol. The van der Waals surface area contributed by atoms with Crippen molar-refractivity contribution in [3.05, 3.63) is 68.4 Å². The van der Waals surface area contributed by atoms with Crippen LogP contribution < -0.4 is 5.73 Å². The summed E-state index contributed by atoms with van der Waals surface area (Å²) in [7, 11) is 0. The molecule has 2 aromatic carbocycles. The SMILES string of the molecule is NC(Cc1ccc(Cl)c(F)c1)c1cc(Cl)ccc1Cl. The molecular formula is C14H11Cl3FN. The van der Waals surface area contributed by atoms with Gasteiger partial charge in [0, 0.05) is 16.1 Å². The normalized spacial score (nSPS) is 12.5. The highest BCUT2D eigenvalue weighted by atomic mass is 35.5. The van der Waals surface area contributed by atoms with Crippen LogP contribution in [0.3, 0.4) is 0 Å². The summed E-state index contributed by atoms with van der Waals surface area (Å²) in [6.45, 7) is 0. The fourth-order valence-corrected chi connectivity index (χ4v) is 2.39. The Morgan fingerprint density at radius 1 is 1.00 bits per heavy atom. The van der Waals surface area contributed by atoms with Gasteiger partial charge in [0.1, 0.15) is 5.82 Å². The summed E-state index contributed by atoms with van der Waals surface area (Å²) in [5.41, 5.74) is 7.58. The van der Waals surface area contributed by atoms with Crippen LogP contribution in [-0.2, 0) is 6.42 Å². The summed E-state index contributed by atoms with van der Waals surface area (Å²) >= 11 is 17.6. The topological polar surface area (TPSA) is 26.0 Å². The summed E-state index contributed by atoms with van der Waals surface area (Å²) in [6.07, 6.45) is 0.453. The third-order valence-corrected chi connectivity index (χ3v) is 3.68. The lowest BCUT2D eigenvalue weighted by atomic mass is 9.99. The zero-order chi connectivity index (χ0) is 14.0. The van der Waals surface area contributed by atoms with Crippen molar-refractivity contribution in [3.8, 4) is 0 Å². The first-order valence-corrected chi connectivity index (χ1v) is 6.75. The average Bonchev–Trinajstić information content (AvgIpc) is 2.36. The van der Waals surface area contributed by atoms with Gasteiger partial charge in [-0.2, -0.15) is 0 Å². The number of hydrogen-bond acceptors (Lipinski definition) is 1. The summed E-state index contributed by atoms with van der Waals surface area (Å²) in [4.78, 5) is 0. The van der Waals surface area contributed by atoms with Crippen molar-refractivity contribution < 1.29 is 4.39 Å². The summed E-state index contributed by atoms with van der Waals surface area (Å²) in [5.74, 6) is -0.455. The molecule has 0 heterocycles. The predicted octanol–water partition coefficient (Wildman–Crippen LogP) is 5.03. The maximum absolute atomic E-state index is 13.4. The molecule has 1 unspecified atom stereocenters. The van der Waals surface area contributed by atoms with Gasteiger partial charge in [0.2, 0.25) is 0 Å². The van der Waals surface area contributed by atoms with E-state index in [4.69, 9.17) is 40.5 Å². The minimum absolute atomic E-state index is 0.0955. The lowest BCUT2D eigenvalue weighted by Gasteiger charge is -2.14. The second-order valence-corrected chi connectivity index (χ2v) is 5.48. The molecule has 1 atom stereocenters. The lowest BCUT2D eigenvalue weighted by Crippen LogP contribution is -2.14. The van der Waals surface area contributed by atoms with Crippen LogP contribution in [0.5, 0.6) is 0 Å². The molecule has 0 aliphatic rings. The van der Waals surface area contributed by atoms with E-state index < -0.39 is 5.82 Å². The molecule has 0 fully saturated rings. The van der Waals surface area contributed by atoms with Crippen molar-refractivity contribution in [2.45, 2.75) is 12.5 Å². The van der Waals surface area contributed by atoms with Gasteiger partial charge < -0.3 is 5.73 Å². The van der Waals surface area contributed by atoms with Crippen molar-refractivity contribution in [1.82, 2.24) is 0 Å². The van der Waals surface area contributed by atoms with Gasteiger partial charge in [-0.1, -0.05) is 40.9 Å². The number of hydrogen-bond donors (Lipinski definition) is 1. The summed E-state index contributed by atoms with van der Waals surface area (Å²) in [6, 6.07) is 9.39. The Balaban J connectivity index is 2.22. The highest BCUT2D eigenvalue weighted by Gasteiger charge is 2.12. The van der Waals surface area contributed by atoms with Gasteiger partial charge in [0.05, 0.1) is 5.02 Å². The maximum atomic E-state index is 13.4. The van der Waals surface area contributed by atoms with E-state index in [0.717, 1.165) is 11.1 Å². The van der Waals surface area contributed by atoms with Crippen molar-refractivity contribution in [2.24, 2.45) is 5.73 Å². The van der Waals surface area contributed by atoms with Crippen LogP contribution >= 0.6 is 34.8 Å². The van der Waals surface area contributed by atoms with E-state index >= 15 is 0 Å². The molecule has 0 saturated heterocycles. The monoisotopic (exact) mass is 317 g/mol. The molecule has 0 aliphatic carbocycles. The van der Waals surface area contributed by atoms with Gasteiger partial charge in [0.15, 0.2) is 0 Å². The first-order chi connectivity index (χ1) is 8.97. The van der Waals surface area contributed by atoms with Crippen LogP contribution in [-0.4, -0.2) is 0 Å². The molecule has 5 heteroatoms. The third kappa shape index (κ3) is 3.61. The minimum Gasteiger partial charge on any atom is -0.324 e. The van der Waals surface area contributed by atoms with Crippen molar-refractivity contribution in [3.63, 3.8) is 0 Å². The molecule has 1 nitrogen and oxygen atoms in total. The van der Waals surface area contributed by atoms with Gasteiger partial charge in [-0.05, 0) is 47.9 Å². The molecule has 0 bridgehead atoms. The van der Waals surface area contributed by atoms with Crippen LogP contribution in [0.25, 0.3) is 0 Å². The Morgan fingerprint density at radius 2 is 1.68 bits per heavy atom. The van der Waals surface area contributed by atoms with Crippen molar-refractivity contribution in [1.29, 1.82) is 0 Å². The summed E-state index contributed by atoms with van der Waals surface area (Å²) < 4.78 is 13.4. The van der Waals surface area contributed by atoms with Crippen LogP contribution in [0.1, 0.15) is 17.2 Å². The minimum atomic E-state index is -0.455. The standard InChI is InChI=1S/C14H11Cl3FN/c15-9-2-4-11(16)10(7-9)14(19)6-8-1-3-12(17)13(18)5-8/h1-5,7,14H,6,19H2. The smallest absolute Gasteiger partial charge is 0.142 e. The van der Waals surface area contributed by atoms with E-state index in [-0.39, 0.29) is 11.1 Å². The maximum Gasteiger partial charge on any atom is 0.142 e. The molecule has 0 saturated carbocycles. The quantitative estimate of drug-likeness (QED) is 0.844. The molecule has 0 aliphatic heterocycles. The molecular weight excluding hydrogens is 308 g/mol. The van der Waals surface area contributed by atoms with Crippen LogP contribution in [0.15, 0.2) is 36.4 Å².